The van der Waals surface area contributed by atoms with Crippen LogP contribution in [0, 0.1) is 0 Å². The van der Waals surface area contributed by atoms with Crippen LogP contribution in [-0.4, -0.2) is 67.0 Å². The van der Waals surface area contributed by atoms with Gasteiger partial charge in [0.15, 0.2) is 16.4 Å². The van der Waals surface area contributed by atoms with Gasteiger partial charge in [0, 0.05) is 18.3 Å². The fourth-order valence-electron chi connectivity index (χ4n) is 3.08. The summed E-state index contributed by atoms with van der Waals surface area (Å²) in [4.78, 5) is 30.6. The molecule has 8 nitrogen and oxygen atoms in total. The second kappa shape index (κ2) is 9.16. The van der Waals surface area contributed by atoms with Gasteiger partial charge >= 0.3 is 5.97 Å². The van der Waals surface area contributed by atoms with Crippen LogP contribution in [0.1, 0.15) is 44.0 Å². The van der Waals surface area contributed by atoms with Gasteiger partial charge in [-0.1, -0.05) is 6.92 Å². The second-order valence-corrected chi connectivity index (χ2v) is 8.71. The number of carbonyl (C=O) groups is 2. The summed E-state index contributed by atoms with van der Waals surface area (Å²) in [6, 6.07) is 2.57. The van der Waals surface area contributed by atoms with E-state index in [2.05, 4.69) is 4.98 Å². The molecule has 1 fully saturated rings. The number of hydrogen-bond donors (Lipinski definition) is 0. The van der Waals surface area contributed by atoms with Crippen molar-refractivity contribution in [2.45, 2.75) is 45.7 Å². The number of sulfone groups is 1. The lowest BCUT2D eigenvalue weighted by Gasteiger charge is -2.33. The van der Waals surface area contributed by atoms with Crippen molar-refractivity contribution in [3.8, 4) is 5.88 Å². The minimum absolute atomic E-state index is 0.0475. The van der Waals surface area contributed by atoms with Gasteiger partial charge < -0.3 is 14.4 Å². The molecule has 27 heavy (non-hydrogen) atoms. The molecule has 2 atom stereocenters. The molecule has 1 saturated heterocycles. The van der Waals surface area contributed by atoms with Crippen LogP contribution in [0.15, 0.2) is 18.3 Å². The number of pyridine rings is 1. The number of amides is 1. The van der Waals surface area contributed by atoms with Gasteiger partial charge in [-0.2, -0.15) is 0 Å². The van der Waals surface area contributed by atoms with Crippen LogP contribution >= 0.6 is 0 Å². The minimum atomic E-state index is -3.13. The Kier molecular flexibility index (Phi) is 7.18. The second-order valence-electron chi connectivity index (χ2n) is 6.48. The normalized spacial score (nSPS) is 19.3. The first-order valence-corrected chi connectivity index (χ1v) is 10.9. The third kappa shape index (κ3) is 5.41. The Morgan fingerprint density at radius 1 is 1.37 bits per heavy atom. The molecule has 1 aromatic rings. The first kappa shape index (κ1) is 21.1. The van der Waals surface area contributed by atoms with Crippen molar-refractivity contribution in [1.82, 2.24) is 9.88 Å². The molecule has 0 N–H and O–H groups in total. The first-order chi connectivity index (χ1) is 12.8. The van der Waals surface area contributed by atoms with Crippen LogP contribution < -0.4 is 4.74 Å². The van der Waals surface area contributed by atoms with E-state index in [0.29, 0.717) is 19.4 Å². The molecule has 0 saturated carbocycles. The van der Waals surface area contributed by atoms with E-state index in [-0.39, 0.29) is 35.0 Å². The van der Waals surface area contributed by atoms with Crippen molar-refractivity contribution in [2.75, 3.05) is 24.7 Å². The number of ether oxygens (including phenoxy) is 2. The Bertz CT molecular complexity index is 780. The molecule has 2 rings (SSSR count). The van der Waals surface area contributed by atoms with Crippen molar-refractivity contribution in [2.24, 2.45) is 0 Å². The van der Waals surface area contributed by atoms with E-state index in [1.165, 1.54) is 12.3 Å². The third-order valence-electron chi connectivity index (χ3n) is 4.55. The number of rotatable bonds is 8. The van der Waals surface area contributed by atoms with Gasteiger partial charge in [-0.15, -0.1) is 0 Å². The van der Waals surface area contributed by atoms with Gasteiger partial charge in [0.2, 0.25) is 5.88 Å². The highest BCUT2D eigenvalue weighted by Gasteiger charge is 2.36. The van der Waals surface area contributed by atoms with Gasteiger partial charge in [-0.05, 0) is 38.8 Å². The number of esters is 1. The molecule has 1 aromatic heterocycles. The van der Waals surface area contributed by atoms with Gasteiger partial charge in [0.25, 0.3) is 5.91 Å². The van der Waals surface area contributed by atoms with E-state index >= 15 is 0 Å². The summed E-state index contributed by atoms with van der Waals surface area (Å²) in [6.45, 7) is 5.44. The van der Waals surface area contributed by atoms with Gasteiger partial charge in [0.1, 0.15) is 5.56 Å². The highest BCUT2D eigenvalue weighted by Crippen LogP contribution is 2.22. The summed E-state index contributed by atoms with van der Waals surface area (Å²) in [5.74, 6) is -0.929. The van der Waals surface area contributed by atoms with E-state index in [9.17, 15) is 18.0 Å². The molecule has 1 aliphatic rings. The number of nitrogens with zero attached hydrogens (tertiary/aromatic N) is 2. The number of aromatic nitrogens is 1. The SMILES string of the molecule is CCOc1ncccc1C(=O)OCC(=O)N(C(C)CC)C1CCS(=O)(=O)C1. The molecular formula is C18H26N2O6S. The first-order valence-electron chi connectivity index (χ1n) is 9.05. The van der Waals surface area contributed by atoms with Crippen molar-refractivity contribution >= 4 is 21.7 Å². The van der Waals surface area contributed by atoms with Crippen molar-refractivity contribution in [3.05, 3.63) is 23.9 Å². The third-order valence-corrected chi connectivity index (χ3v) is 6.30. The number of carbonyl (C=O) groups excluding carboxylic acids is 2. The lowest BCUT2D eigenvalue weighted by atomic mass is 10.1. The molecular weight excluding hydrogens is 372 g/mol. The zero-order valence-corrected chi connectivity index (χ0v) is 16.7. The maximum atomic E-state index is 12.7. The molecule has 0 spiro atoms. The maximum Gasteiger partial charge on any atom is 0.344 e. The fraction of sp³-hybridized carbons (Fsp3) is 0.611. The molecule has 2 heterocycles. The van der Waals surface area contributed by atoms with E-state index < -0.39 is 28.3 Å². The molecule has 0 bridgehead atoms. The largest absolute Gasteiger partial charge is 0.477 e. The van der Waals surface area contributed by atoms with Gasteiger partial charge in [-0.3, -0.25) is 4.79 Å². The van der Waals surface area contributed by atoms with E-state index in [0.717, 1.165) is 0 Å². The lowest BCUT2D eigenvalue weighted by molar-refractivity contribution is -0.138. The molecule has 1 aliphatic heterocycles. The monoisotopic (exact) mass is 398 g/mol. The lowest BCUT2D eigenvalue weighted by Crippen LogP contribution is -2.48. The smallest absolute Gasteiger partial charge is 0.344 e. The highest BCUT2D eigenvalue weighted by atomic mass is 32.2. The fourth-order valence-corrected chi connectivity index (χ4v) is 4.79. The van der Waals surface area contributed by atoms with E-state index in [1.807, 2.05) is 13.8 Å². The van der Waals surface area contributed by atoms with E-state index in [4.69, 9.17) is 9.47 Å². The minimum Gasteiger partial charge on any atom is -0.477 e. The zero-order chi connectivity index (χ0) is 20.0. The maximum absolute atomic E-state index is 12.7. The summed E-state index contributed by atoms with van der Waals surface area (Å²) >= 11 is 0. The molecule has 9 heteroatoms. The Morgan fingerprint density at radius 2 is 2.11 bits per heavy atom. The van der Waals surface area contributed by atoms with Crippen molar-refractivity contribution in [3.63, 3.8) is 0 Å². The summed E-state index contributed by atoms with van der Waals surface area (Å²) in [5, 5.41) is 0. The Morgan fingerprint density at radius 3 is 2.70 bits per heavy atom. The molecule has 1 amide bonds. The molecule has 2 unspecified atom stereocenters. The number of hydrogen-bond acceptors (Lipinski definition) is 7. The molecule has 0 aliphatic carbocycles. The van der Waals surface area contributed by atoms with Gasteiger partial charge in [-0.25, -0.2) is 18.2 Å². The Balaban J connectivity index is 2.06. The molecule has 0 radical (unpaired) electrons. The predicted molar refractivity (Wildman–Crippen MR) is 99.3 cm³/mol. The average Bonchev–Trinajstić information content (AvgIpc) is 2.99. The summed E-state index contributed by atoms with van der Waals surface area (Å²) in [6.07, 6.45) is 2.58. The molecule has 150 valence electrons. The van der Waals surface area contributed by atoms with Gasteiger partial charge in [0.05, 0.1) is 18.1 Å². The highest BCUT2D eigenvalue weighted by molar-refractivity contribution is 7.91. The summed E-state index contributed by atoms with van der Waals surface area (Å²) < 4.78 is 34.0. The Labute approximate surface area is 159 Å². The van der Waals surface area contributed by atoms with Crippen LogP contribution in [0.5, 0.6) is 5.88 Å². The zero-order valence-electron chi connectivity index (χ0n) is 15.9. The summed E-state index contributed by atoms with van der Waals surface area (Å²) in [5.41, 5.74) is 0.144. The van der Waals surface area contributed by atoms with Crippen LogP contribution in [0.3, 0.4) is 0 Å². The Hall–Kier alpha value is -2.16. The predicted octanol–water partition coefficient (Wildman–Crippen LogP) is 1.45. The van der Waals surface area contributed by atoms with Crippen LogP contribution in [0.4, 0.5) is 0 Å². The van der Waals surface area contributed by atoms with E-state index in [1.54, 1.807) is 17.9 Å². The van der Waals surface area contributed by atoms with Crippen molar-refractivity contribution < 1.29 is 27.5 Å². The standard InChI is InChI=1S/C18H26N2O6S/c1-4-13(3)20(14-8-10-27(23,24)12-14)16(21)11-26-18(22)15-7-6-9-19-17(15)25-5-2/h6-7,9,13-14H,4-5,8,10-12H2,1-3H3. The van der Waals surface area contributed by atoms with Crippen LogP contribution in [0.25, 0.3) is 0 Å². The quantitative estimate of drug-likeness (QED) is 0.611. The van der Waals surface area contributed by atoms with Crippen LogP contribution in [-0.2, 0) is 19.4 Å². The summed E-state index contributed by atoms with van der Waals surface area (Å²) in [7, 11) is -3.13. The van der Waals surface area contributed by atoms with Crippen molar-refractivity contribution in [1.29, 1.82) is 0 Å². The van der Waals surface area contributed by atoms with Crippen LogP contribution in [0.2, 0.25) is 0 Å². The topological polar surface area (TPSA) is 103 Å². The molecule has 0 aromatic carbocycles. The average molecular weight is 398 g/mol.